The largest absolute Gasteiger partial charge is 0.384 e. The van der Waals surface area contributed by atoms with Gasteiger partial charge in [-0.05, 0) is 24.1 Å². The molecule has 1 unspecified atom stereocenters. The fourth-order valence-corrected chi connectivity index (χ4v) is 2.54. The lowest BCUT2D eigenvalue weighted by Crippen LogP contribution is -2.13. The number of anilines is 2. The van der Waals surface area contributed by atoms with Crippen molar-refractivity contribution in [2.24, 2.45) is 0 Å². The summed E-state index contributed by atoms with van der Waals surface area (Å²) in [6.07, 6.45) is 2.58. The number of nitrogens with one attached hydrogen (secondary N) is 1. The van der Waals surface area contributed by atoms with Gasteiger partial charge in [-0.1, -0.05) is 37.3 Å². The summed E-state index contributed by atoms with van der Waals surface area (Å²) in [5, 5.41) is 4.31. The van der Waals surface area contributed by atoms with E-state index in [0.29, 0.717) is 17.4 Å². The van der Waals surface area contributed by atoms with Gasteiger partial charge in [0.05, 0.1) is 5.39 Å². The van der Waals surface area contributed by atoms with Gasteiger partial charge in [0, 0.05) is 12.5 Å². The second kappa shape index (κ2) is 6.39. The molecule has 0 bridgehead atoms. The first kappa shape index (κ1) is 14.3. The van der Waals surface area contributed by atoms with Crippen molar-refractivity contribution in [3.63, 3.8) is 0 Å². The summed E-state index contributed by atoms with van der Waals surface area (Å²) >= 11 is 0. The van der Waals surface area contributed by atoms with Crippen LogP contribution < -0.4 is 11.1 Å². The summed E-state index contributed by atoms with van der Waals surface area (Å²) in [7, 11) is 0. The fourth-order valence-electron chi connectivity index (χ4n) is 2.54. The van der Waals surface area contributed by atoms with E-state index >= 15 is 0 Å². The van der Waals surface area contributed by atoms with Crippen molar-refractivity contribution in [2.45, 2.75) is 19.3 Å². The van der Waals surface area contributed by atoms with Crippen LogP contribution >= 0.6 is 0 Å². The van der Waals surface area contributed by atoms with E-state index in [1.165, 1.54) is 11.9 Å². The number of hydrogen-bond acceptors (Lipinski definition) is 5. The summed E-state index contributed by atoms with van der Waals surface area (Å²) in [5.74, 6) is 1.70. The molecule has 2 aromatic heterocycles. The molecule has 1 atom stereocenters. The molecule has 0 amide bonds. The zero-order valence-electron chi connectivity index (χ0n) is 12.5. The van der Waals surface area contributed by atoms with Crippen LogP contribution in [0.15, 0.2) is 48.8 Å². The molecule has 0 aliphatic carbocycles. The van der Waals surface area contributed by atoms with Crippen molar-refractivity contribution in [2.75, 3.05) is 17.6 Å². The van der Waals surface area contributed by atoms with Gasteiger partial charge in [0.15, 0.2) is 5.65 Å². The molecule has 112 valence electrons. The van der Waals surface area contributed by atoms with Crippen molar-refractivity contribution < 1.29 is 0 Å². The highest BCUT2D eigenvalue weighted by Crippen LogP contribution is 2.22. The van der Waals surface area contributed by atoms with Crippen molar-refractivity contribution >= 4 is 22.7 Å². The summed E-state index contributed by atoms with van der Waals surface area (Å²) in [5.41, 5.74) is 7.65. The van der Waals surface area contributed by atoms with Crippen molar-refractivity contribution in [3.05, 3.63) is 54.4 Å². The standard InChI is InChI=1S/C17H19N5/c1-2-12(13-6-4-3-5-7-13)10-19-16-14-8-9-15(18)22-17(14)21-11-20-16/h3-9,11-12H,2,10H2,1H3,(H3,18,19,20,21,22). The smallest absolute Gasteiger partial charge is 0.166 e. The topological polar surface area (TPSA) is 76.7 Å². The number of benzene rings is 1. The number of nitrogen functional groups attached to an aromatic ring is 1. The molecule has 3 N–H and O–H groups in total. The van der Waals surface area contributed by atoms with E-state index in [4.69, 9.17) is 5.73 Å². The predicted molar refractivity (Wildman–Crippen MR) is 89.7 cm³/mol. The Balaban J connectivity index is 1.81. The van der Waals surface area contributed by atoms with Gasteiger partial charge >= 0.3 is 0 Å². The monoisotopic (exact) mass is 293 g/mol. The molecule has 0 saturated carbocycles. The normalized spacial score (nSPS) is 12.2. The van der Waals surface area contributed by atoms with Gasteiger partial charge in [-0.15, -0.1) is 0 Å². The van der Waals surface area contributed by atoms with Crippen LogP contribution in [0.25, 0.3) is 11.0 Å². The van der Waals surface area contributed by atoms with Crippen LogP contribution in [0.3, 0.4) is 0 Å². The van der Waals surface area contributed by atoms with E-state index < -0.39 is 0 Å². The maximum atomic E-state index is 5.70. The molecule has 0 fully saturated rings. The Morgan fingerprint density at radius 2 is 1.91 bits per heavy atom. The quantitative estimate of drug-likeness (QED) is 0.755. The maximum Gasteiger partial charge on any atom is 0.166 e. The van der Waals surface area contributed by atoms with Gasteiger partial charge in [0.1, 0.15) is 18.0 Å². The van der Waals surface area contributed by atoms with E-state index in [9.17, 15) is 0 Å². The van der Waals surface area contributed by atoms with E-state index in [1.807, 2.05) is 12.1 Å². The number of fused-ring (bicyclic) bond motifs is 1. The molecule has 0 spiro atoms. The molecular formula is C17H19N5. The van der Waals surface area contributed by atoms with Crippen LogP contribution in [0.1, 0.15) is 24.8 Å². The Labute approximate surface area is 129 Å². The average Bonchev–Trinajstić information content (AvgIpc) is 2.56. The molecule has 0 aliphatic heterocycles. The molecule has 3 aromatic rings. The molecule has 1 aromatic carbocycles. The van der Waals surface area contributed by atoms with E-state index in [1.54, 1.807) is 6.07 Å². The van der Waals surface area contributed by atoms with Crippen LogP contribution in [0.4, 0.5) is 11.6 Å². The van der Waals surface area contributed by atoms with Gasteiger partial charge in [0.2, 0.25) is 0 Å². The maximum absolute atomic E-state index is 5.70. The first-order valence-corrected chi connectivity index (χ1v) is 7.44. The third-order valence-corrected chi connectivity index (χ3v) is 3.80. The second-order valence-electron chi connectivity index (χ2n) is 5.23. The Morgan fingerprint density at radius 1 is 1.09 bits per heavy atom. The Bertz CT molecular complexity index is 757. The van der Waals surface area contributed by atoms with Gasteiger partial charge in [-0.3, -0.25) is 0 Å². The van der Waals surface area contributed by atoms with Gasteiger partial charge < -0.3 is 11.1 Å². The summed E-state index contributed by atoms with van der Waals surface area (Å²) in [4.78, 5) is 12.7. The lowest BCUT2D eigenvalue weighted by Gasteiger charge is -2.17. The van der Waals surface area contributed by atoms with Crippen LogP contribution in [0.5, 0.6) is 0 Å². The Kier molecular flexibility index (Phi) is 4.14. The van der Waals surface area contributed by atoms with Crippen LogP contribution in [-0.4, -0.2) is 21.5 Å². The second-order valence-corrected chi connectivity index (χ2v) is 5.23. The van der Waals surface area contributed by atoms with Crippen molar-refractivity contribution in [1.82, 2.24) is 15.0 Å². The number of aromatic nitrogens is 3. The summed E-state index contributed by atoms with van der Waals surface area (Å²) in [6.45, 7) is 3.01. The minimum atomic E-state index is 0.438. The molecular weight excluding hydrogens is 274 g/mol. The Hall–Kier alpha value is -2.69. The molecule has 2 heterocycles. The Morgan fingerprint density at radius 3 is 2.68 bits per heavy atom. The van der Waals surface area contributed by atoms with Gasteiger partial charge in [-0.2, -0.15) is 0 Å². The number of hydrogen-bond donors (Lipinski definition) is 2. The highest BCUT2D eigenvalue weighted by atomic mass is 15.0. The van der Waals surface area contributed by atoms with E-state index in [-0.39, 0.29) is 0 Å². The third-order valence-electron chi connectivity index (χ3n) is 3.80. The minimum absolute atomic E-state index is 0.438. The number of rotatable bonds is 5. The summed E-state index contributed by atoms with van der Waals surface area (Å²) in [6, 6.07) is 14.2. The predicted octanol–water partition coefficient (Wildman–Crippen LogP) is 3.21. The van der Waals surface area contributed by atoms with E-state index in [2.05, 4.69) is 51.5 Å². The summed E-state index contributed by atoms with van der Waals surface area (Å²) < 4.78 is 0. The minimum Gasteiger partial charge on any atom is -0.384 e. The zero-order valence-corrected chi connectivity index (χ0v) is 12.5. The molecule has 5 heteroatoms. The lowest BCUT2D eigenvalue weighted by atomic mass is 9.96. The van der Waals surface area contributed by atoms with Crippen LogP contribution in [-0.2, 0) is 0 Å². The average molecular weight is 293 g/mol. The number of pyridine rings is 1. The molecule has 0 radical (unpaired) electrons. The SMILES string of the molecule is CCC(CNc1ncnc2nc(N)ccc12)c1ccccc1. The highest BCUT2D eigenvalue weighted by molar-refractivity contribution is 5.87. The molecule has 22 heavy (non-hydrogen) atoms. The van der Waals surface area contributed by atoms with Gasteiger partial charge in [0.25, 0.3) is 0 Å². The number of nitrogens with two attached hydrogens (primary N) is 1. The third kappa shape index (κ3) is 2.98. The molecule has 3 rings (SSSR count). The van der Waals surface area contributed by atoms with Crippen LogP contribution in [0.2, 0.25) is 0 Å². The first-order valence-electron chi connectivity index (χ1n) is 7.44. The molecule has 5 nitrogen and oxygen atoms in total. The first-order chi connectivity index (χ1) is 10.8. The number of nitrogens with zero attached hydrogens (tertiary/aromatic N) is 3. The highest BCUT2D eigenvalue weighted by Gasteiger charge is 2.11. The van der Waals surface area contributed by atoms with Crippen molar-refractivity contribution in [1.29, 1.82) is 0 Å². The van der Waals surface area contributed by atoms with Crippen molar-refractivity contribution in [3.8, 4) is 0 Å². The van der Waals surface area contributed by atoms with Crippen LogP contribution in [0, 0.1) is 0 Å². The molecule has 0 saturated heterocycles. The van der Waals surface area contributed by atoms with E-state index in [0.717, 1.165) is 24.2 Å². The van der Waals surface area contributed by atoms with Gasteiger partial charge in [-0.25, -0.2) is 15.0 Å². The zero-order chi connectivity index (χ0) is 15.4. The lowest BCUT2D eigenvalue weighted by molar-refractivity contribution is 0.694. The molecule has 0 aliphatic rings. The fraction of sp³-hybridized carbons (Fsp3) is 0.235.